The van der Waals surface area contributed by atoms with Crippen LogP contribution in [-0.2, 0) is 19.5 Å². The van der Waals surface area contributed by atoms with E-state index in [1.165, 1.54) is 31.5 Å². The molecule has 2 aliphatic rings. The van der Waals surface area contributed by atoms with E-state index in [0.717, 1.165) is 55.6 Å². The number of fused-ring (bicyclic) bond motifs is 1. The van der Waals surface area contributed by atoms with Gasteiger partial charge in [0, 0.05) is 13.0 Å². The fourth-order valence-electron chi connectivity index (χ4n) is 3.84. The Morgan fingerprint density at radius 3 is 2.83 bits per heavy atom. The molecule has 0 radical (unpaired) electrons. The van der Waals surface area contributed by atoms with Crippen molar-refractivity contribution in [3.8, 4) is 0 Å². The van der Waals surface area contributed by atoms with Crippen LogP contribution in [0.1, 0.15) is 67.1 Å². The Kier molecular flexibility index (Phi) is 3.93. The molecule has 4 heterocycles. The van der Waals surface area contributed by atoms with E-state index in [0.29, 0.717) is 6.04 Å². The molecule has 2 aromatic rings. The topological polar surface area (TPSA) is 60.0 Å². The number of aromatic nitrogens is 4. The van der Waals surface area contributed by atoms with Crippen LogP contribution in [0, 0.1) is 13.8 Å². The first-order valence-electron chi connectivity index (χ1n) is 8.81. The average molecular weight is 315 g/mol. The van der Waals surface area contributed by atoms with Gasteiger partial charge in [-0.15, -0.1) is 10.2 Å². The molecule has 4 rings (SSSR count). The maximum absolute atomic E-state index is 5.78. The Morgan fingerprint density at radius 1 is 1.09 bits per heavy atom. The number of nitrogens with zero attached hydrogens (tertiary/aromatic N) is 5. The minimum atomic E-state index is 0.349. The maximum atomic E-state index is 5.78. The van der Waals surface area contributed by atoms with E-state index >= 15 is 0 Å². The number of hydrogen-bond donors (Lipinski definition) is 0. The summed E-state index contributed by atoms with van der Waals surface area (Å²) in [6.45, 7) is 6.89. The lowest BCUT2D eigenvalue weighted by Gasteiger charge is -2.23. The zero-order chi connectivity index (χ0) is 15.8. The molecule has 6 heteroatoms. The normalized spacial score (nSPS) is 22.3. The average Bonchev–Trinajstić information content (AvgIpc) is 3.16. The first-order valence-corrected chi connectivity index (χ1v) is 8.81. The molecule has 0 spiro atoms. The van der Waals surface area contributed by atoms with Crippen LogP contribution in [-0.4, -0.2) is 31.2 Å². The lowest BCUT2D eigenvalue weighted by atomic mass is 10.2. The summed E-state index contributed by atoms with van der Waals surface area (Å²) in [5.74, 6) is 4.07. The van der Waals surface area contributed by atoms with Gasteiger partial charge in [-0.05, 0) is 46.1 Å². The van der Waals surface area contributed by atoms with Gasteiger partial charge in [0.05, 0.1) is 18.3 Å². The summed E-state index contributed by atoms with van der Waals surface area (Å²) in [5.41, 5.74) is 0.993. The van der Waals surface area contributed by atoms with Gasteiger partial charge < -0.3 is 8.98 Å². The highest BCUT2D eigenvalue weighted by Crippen LogP contribution is 2.33. The van der Waals surface area contributed by atoms with Crippen LogP contribution >= 0.6 is 0 Å². The summed E-state index contributed by atoms with van der Waals surface area (Å²) < 4.78 is 8.16. The van der Waals surface area contributed by atoms with Gasteiger partial charge in [0.1, 0.15) is 17.4 Å². The number of oxazole rings is 1. The second kappa shape index (κ2) is 6.07. The molecule has 1 fully saturated rings. The van der Waals surface area contributed by atoms with Crippen LogP contribution < -0.4 is 0 Å². The summed E-state index contributed by atoms with van der Waals surface area (Å²) in [4.78, 5) is 6.99. The Morgan fingerprint density at radius 2 is 2.00 bits per heavy atom. The van der Waals surface area contributed by atoms with Crippen LogP contribution in [0.4, 0.5) is 0 Å². The SMILES string of the molecule is Cc1nc(CN2CCC[C@@H]2c2nnc3n2CCCCC3)oc1C. The number of rotatable bonds is 3. The molecule has 0 amide bonds. The fraction of sp³-hybridized carbons (Fsp3) is 0.706. The molecular weight excluding hydrogens is 290 g/mol. The van der Waals surface area contributed by atoms with Crippen molar-refractivity contribution < 1.29 is 4.42 Å². The maximum Gasteiger partial charge on any atom is 0.208 e. The van der Waals surface area contributed by atoms with E-state index in [9.17, 15) is 0 Å². The quantitative estimate of drug-likeness (QED) is 0.871. The monoisotopic (exact) mass is 315 g/mol. The summed E-state index contributed by atoms with van der Waals surface area (Å²) in [6.07, 6.45) is 7.19. The van der Waals surface area contributed by atoms with Crippen molar-refractivity contribution in [1.82, 2.24) is 24.6 Å². The molecule has 0 aromatic carbocycles. The van der Waals surface area contributed by atoms with E-state index in [-0.39, 0.29) is 0 Å². The summed E-state index contributed by atoms with van der Waals surface area (Å²) in [7, 11) is 0. The summed E-state index contributed by atoms with van der Waals surface area (Å²) in [5, 5.41) is 9.02. The van der Waals surface area contributed by atoms with Crippen molar-refractivity contribution in [2.45, 2.75) is 71.5 Å². The molecule has 1 atom stereocenters. The van der Waals surface area contributed by atoms with Gasteiger partial charge in [0.15, 0.2) is 0 Å². The van der Waals surface area contributed by atoms with Gasteiger partial charge in [-0.25, -0.2) is 4.98 Å². The minimum absolute atomic E-state index is 0.349. The van der Waals surface area contributed by atoms with Gasteiger partial charge in [-0.3, -0.25) is 4.90 Å². The van der Waals surface area contributed by atoms with Crippen molar-refractivity contribution >= 4 is 0 Å². The molecule has 2 aliphatic heterocycles. The zero-order valence-electron chi connectivity index (χ0n) is 14.1. The first kappa shape index (κ1) is 14.9. The zero-order valence-corrected chi connectivity index (χ0v) is 14.1. The van der Waals surface area contributed by atoms with E-state index in [2.05, 4.69) is 24.6 Å². The second-order valence-electron chi connectivity index (χ2n) is 6.81. The summed E-state index contributed by atoms with van der Waals surface area (Å²) >= 11 is 0. The first-order chi connectivity index (χ1) is 11.2. The number of likely N-dealkylation sites (tertiary alicyclic amines) is 1. The van der Waals surface area contributed by atoms with Gasteiger partial charge in [0.2, 0.25) is 5.89 Å². The van der Waals surface area contributed by atoms with Crippen molar-refractivity contribution in [3.05, 3.63) is 29.0 Å². The molecular formula is C17H25N5O. The van der Waals surface area contributed by atoms with Crippen molar-refractivity contribution in [2.75, 3.05) is 6.54 Å². The van der Waals surface area contributed by atoms with Crippen LogP contribution in [0.25, 0.3) is 0 Å². The van der Waals surface area contributed by atoms with E-state index in [1.807, 2.05) is 13.8 Å². The molecule has 0 unspecified atom stereocenters. The van der Waals surface area contributed by atoms with Crippen molar-refractivity contribution in [3.63, 3.8) is 0 Å². The van der Waals surface area contributed by atoms with Gasteiger partial charge >= 0.3 is 0 Å². The molecule has 6 nitrogen and oxygen atoms in total. The van der Waals surface area contributed by atoms with Crippen molar-refractivity contribution in [2.24, 2.45) is 0 Å². The predicted octanol–water partition coefficient (Wildman–Crippen LogP) is 2.95. The third-order valence-electron chi connectivity index (χ3n) is 5.21. The fourth-order valence-corrected chi connectivity index (χ4v) is 3.84. The molecule has 0 N–H and O–H groups in total. The van der Waals surface area contributed by atoms with Crippen LogP contribution in [0.2, 0.25) is 0 Å². The van der Waals surface area contributed by atoms with Gasteiger partial charge in [-0.1, -0.05) is 6.42 Å². The minimum Gasteiger partial charge on any atom is -0.444 e. The third kappa shape index (κ3) is 2.80. The van der Waals surface area contributed by atoms with Crippen LogP contribution in [0.15, 0.2) is 4.42 Å². The Labute approximate surface area is 136 Å². The molecule has 1 saturated heterocycles. The predicted molar refractivity (Wildman–Crippen MR) is 85.9 cm³/mol. The largest absolute Gasteiger partial charge is 0.444 e. The lowest BCUT2D eigenvalue weighted by molar-refractivity contribution is 0.210. The standard InChI is InChI=1S/C17H25N5O/c1-12-13(2)23-16(18-12)11-21-9-6-7-14(21)17-20-19-15-8-4-3-5-10-22(15)17/h14H,3-11H2,1-2H3/t14-/m1/s1. The molecule has 2 aromatic heterocycles. The third-order valence-corrected chi connectivity index (χ3v) is 5.21. The van der Waals surface area contributed by atoms with E-state index < -0.39 is 0 Å². The Hall–Kier alpha value is -1.69. The van der Waals surface area contributed by atoms with Crippen LogP contribution in [0.3, 0.4) is 0 Å². The second-order valence-corrected chi connectivity index (χ2v) is 6.81. The van der Waals surface area contributed by atoms with Gasteiger partial charge in [0.25, 0.3) is 0 Å². The molecule has 0 bridgehead atoms. The molecule has 0 saturated carbocycles. The lowest BCUT2D eigenvalue weighted by Crippen LogP contribution is -2.25. The van der Waals surface area contributed by atoms with E-state index in [4.69, 9.17) is 4.42 Å². The smallest absolute Gasteiger partial charge is 0.208 e. The Balaban J connectivity index is 1.57. The molecule has 0 aliphatic carbocycles. The molecule has 23 heavy (non-hydrogen) atoms. The number of hydrogen-bond acceptors (Lipinski definition) is 5. The highest BCUT2D eigenvalue weighted by atomic mass is 16.4. The Bertz CT molecular complexity index is 670. The highest BCUT2D eigenvalue weighted by molar-refractivity contribution is 5.08. The van der Waals surface area contributed by atoms with Gasteiger partial charge in [-0.2, -0.15) is 0 Å². The van der Waals surface area contributed by atoms with Crippen molar-refractivity contribution in [1.29, 1.82) is 0 Å². The highest BCUT2D eigenvalue weighted by Gasteiger charge is 2.32. The molecule has 124 valence electrons. The van der Waals surface area contributed by atoms with E-state index in [1.54, 1.807) is 0 Å². The van der Waals surface area contributed by atoms with Crippen LogP contribution in [0.5, 0.6) is 0 Å². The number of aryl methyl sites for hydroxylation is 3. The summed E-state index contributed by atoms with van der Waals surface area (Å²) in [6, 6.07) is 0.349.